The van der Waals surface area contributed by atoms with Crippen molar-refractivity contribution in [3.8, 4) is 0 Å². The molecule has 2 aromatic rings. The molecule has 0 saturated carbocycles. The van der Waals surface area contributed by atoms with Crippen molar-refractivity contribution < 1.29 is 9.84 Å². The fraction of sp³-hybridized carbons (Fsp3) is 0.632. The van der Waals surface area contributed by atoms with Gasteiger partial charge in [-0.15, -0.1) is 11.3 Å². The van der Waals surface area contributed by atoms with Gasteiger partial charge in [-0.25, -0.2) is 0 Å². The molecule has 1 N–H and O–H groups in total. The summed E-state index contributed by atoms with van der Waals surface area (Å²) in [6.07, 6.45) is 7.80. The first kappa shape index (κ1) is 18.4. The number of hydrogen-bond acceptors (Lipinski definition) is 5. The predicted octanol–water partition coefficient (Wildman–Crippen LogP) is 3.43. The zero-order chi connectivity index (χ0) is 18.1. The van der Waals surface area contributed by atoms with Gasteiger partial charge in [0.15, 0.2) is 0 Å². The third-order valence-corrected chi connectivity index (χ3v) is 7.52. The number of aliphatic hydroxyl groups is 1. The van der Waals surface area contributed by atoms with Gasteiger partial charge < -0.3 is 14.7 Å². The molecule has 2 atom stereocenters. The molecule has 2 aromatic heterocycles. The SMILES string of the molecule is C[C@H]1C[C@@]2(CCN1CCCn1cccn1)OCCc1c2sc(Cl)c1CO. The fourth-order valence-corrected chi connectivity index (χ4v) is 6.14. The van der Waals surface area contributed by atoms with Crippen LogP contribution < -0.4 is 0 Å². The van der Waals surface area contributed by atoms with Crippen molar-refractivity contribution in [2.75, 3.05) is 19.7 Å². The van der Waals surface area contributed by atoms with E-state index in [0.717, 1.165) is 61.8 Å². The van der Waals surface area contributed by atoms with Crippen LogP contribution >= 0.6 is 22.9 Å². The minimum atomic E-state index is -0.215. The van der Waals surface area contributed by atoms with E-state index in [0.29, 0.717) is 6.04 Å². The Bertz CT molecular complexity index is 748. The average molecular weight is 396 g/mol. The molecule has 5 nitrogen and oxygen atoms in total. The molecule has 142 valence electrons. The molecule has 0 aromatic carbocycles. The summed E-state index contributed by atoms with van der Waals surface area (Å²) < 4.78 is 9.09. The maximum absolute atomic E-state index is 9.69. The van der Waals surface area contributed by atoms with Crippen molar-refractivity contribution in [2.24, 2.45) is 0 Å². The first-order chi connectivity index (χ1) is 12.6. The van der Waals surface area contributed by atoms with Gasteiger partial charge in [-0.1, -0.05) is 11.6 Å². The van der Waals surface area contributed by atoms with Gasteiger partial charge in [0.2, 0.25) is 0 Å². The molecule has 0 radical (unpaired) electrons. The topological polar surface area (TPSA) is 50.5 Å². The van der Waals surface area contributed by atoms with Crippen LogP contribution in [0.3, 0.4) is 0 Å². The number of nitrogens with zero attached hydrogens (tertiary/aromatic N) is 3. The Morgan fingerprint density at radius 3 is 3.08 bits per heavy atom. The Morgan fingerprint density at radius 2 is 2.35 bits per heavy atom. The van der Waals surface area contributed by atoms with E-state index in [1.165, 1.54) is 10.4 Å². The number of aliphatic hydroxyl groups excluding tert-OH is 1. The minimum Gasteiger partial charge on any atom is -0.392 e. The Morgan fingerprint density at radius 1 is 1.46 bits per heavy atom. The summed E-state index contributed by atoms with van der Waals surface area (Å²) in [6, 6.07) is 2.43. The molecule has 7 heteroatoms. The summed E-state index contributed by atoms with van der Waals surface area (Å²) in [5.41, 5.74) is 1.95. The van der Waals surface area contributed by atoms with E-state index in [2.05, 4.69) is 16.9 Å². The molecule has 0 bridgehead atoms. The second-order valence-electron chi connectivity index (χ2n) is 7.37. The number of likely N-dealkylation sites (tertiary alicyclic amines) is 1. The summed E-state index contributed by atoms with van der Waals surface area (Å²) >= 11 is 8.02. The standard InChI is InChI=1S/C19H26ClN3O2S/c1-14-12-19(5-10-22(14)7-3-9-23-8-2-6-21-23)17-15(4-11-25-19)16(13-24)18(20)26-17/h2,6,8,14,24H,3-5,7,9-13H2,1H3/t14-,19+/m0/s1. The van der Waals surface area contributed by atoms with Crippen LogP contribution in [-0.4, -0.2) is 45.5 Å². The minimum absolute atomic E-state index is 0.0237. The Labute approximate surface area is 163 Å². The van der Waals surface area contributed by atoms with Crippen molar-refractivity contribution in [2.45, 2.75) is 57.4 Å². The monoisotopic (exact) mass is 395 g/mol. The van der Waals surface area contributed by atoms with Gasteiger partial charge in [0, 0.05) is 48.5 Å². The van der Waals surface area contributed by atoms with Gasteiger partial charge in [0.25, 0.3) is 0 Å². The highest BCUT2D eigenvalue weighted by Gasteiger charge is 2.45. The highest BCUT2D eigenvalue weighted by molar-refractivity contribution is 7.16. The molecule has 0 aliphatic carbocycles. The van der Waals surface area contributed by atoms with Gasteiger partial charge >= 0.3 is 0 Å². The summed E-state index contributed by atoms with van der Waals surface area (Å²) in [6.45, 7) is 6.12. The largest absolute Gasteiger partial charge is 0.392 e. The fourth-order valence-electron chi connectivity index (χ4n) is 4.46. The molecule has 1 saturated heterocycles. The van der Waals surface area contributed by atoms with Crippen molar-refractivity contribution >= 4 is 22.9 Å². The third-order valence-electron chi connectivity index (χ3n) is 5.81. The lowest BCUT2D eigenvalue weighted by Crippen LogP contribution is -2.50. The van der Waals surface area contributed by atoms with Crippen molar-refractivity contribution in [1.82, 2.24) is 14.7 Å². The first-order valence-electron chi connectivity index (χ1n) is 9.40. The number of hydrogen-bond donors (Lipinski definition) is 1. The molecule has 1 fully saturated rings. The van der Waals surface area contributed by atoms with Crippen molar-refractivity contribution in [1.29, 1.82) is 0 Å². The van der Waals surface area contributed by atoms with Crippen LogP contribution in [0.1, 0.15) is 42.2 Å². The first-order valence-corrected chi connectivity index (χ1v) is 10.6. The summed E-state index contributed by atoms with van der Waals surface area (Å²) in [5.74, 6) is 0. The smallest absolute Gasteiger partial charge is 0.105 e. The van der Waals surface area contributed by atoms with Gasteiger partial charge in [-0.2, -0.15) is 5.10 Å². The molecule has 0 unspecified atom stereocenters. The van der Waals surface area contributed by atoms with Gasteiger partial charge in [0.1, 0.15) is 5.60 Å². The second-order valence-corrected chi connectivity index (χ2v) is 9.00. The molecular formula is C19H26ClN3O2S. The maximum atomic E-state index is 9.69. The quantitative estimate of drug-likeness (QED) is 0.842. The van der Waals surface area contributed by atoms with E-state index in [4.69, 9.17) is 16.3 Å². The molecule has 2 aliphatic heterocycles. The van der Waals surface area contributed by atoms with Crippen LogP contribution in [0.5, 0.6) is 0 Å². The zero-order valence-electron chi connectivity index (χ0n) is 15.2. The molecule has 1 spiro atoms. The number of halogens is 1. The van der Waals surface area contributed by atoms with E-state index in [1.54, 1.807) is 11.3 Å². The maximum Gasteiger partial charge on any atom is 0.105 e. The molecule has 0 amide bonds. The number of ether oxygens (including phenoxy) is 1. The number of aryl methyl sites for hydroxylation is 1. The summed E-state index contributed by atoms with van der Waals surface area (Å²) in [4.78, 5) is 3.83. The Kier molecular flexibility index (Phi) is 5.39. The van der Waals surface area contributed by atoms with E-state index < -0.39 is 0 Å². The predicted molar refractivity (Wildman–Crippen MR) is 104 cm³/mol. The van der Waals surface area contributed by atoms with Crippen LogP contribution in [0.4, 0.5) is 0 Å². The molecule has 4 rings (SSSR count). The van der Waals surface area contributed by atoms with Crippen LogP contribution in [0.2, 0.25) is 4.34 Å². The summed E-state index contributed by atoms with van der Waals surface area (Å²) in [5, 5.41) is 14.0. The van der Waals surface area contributed by atoms with Gasteiger partial charge in [-0.05, 0) is 44.2 Å². The Balaban J connectivity index is 1.44. The molecule has 2 aliphatic rings. The number of rotatable bonds is 5. The van der Waals surface area contributed by atoms with Crippen molar-refractivity contribution in [3.63, 3.8) is 0 Å². The van der Waals surface area contributed by atoms with Crippen LogP contribution in [-0.2, 0) is 29.9 Å². The zero-order valence-corrected chi connectivity index (χ0v) is 16.7. The number of fused-ring (bicyclic) bond motifs is 2. The number of thiophene rings is 1. The van der Waals surface area contributed by atoms with E-state index in [9.17, 15) is 5.11 Å². The molecule has 26 heavy (non-hydrogen) atoms. The number of aromatic nitrogens is 2. The normalized spacial score (nSPS) is 26.3. The van der Waals surface area contributed by atoms with Crippen LogP contribution in [0.25, 0.3) is 0 Å². The van der Waals surface area contributed by atoms with E-state index in [1.807, 2.05) is 23.1 Å². The van der Waals surface area contributed by atoms with Gasteiger partial charge in [-0.3, -0.25) is 4.68 Å². The van der Waals surface area contributed by atoms with Crippen LogP contribution in [0, 0.1) is 0 Å². The van der Waals surface area contributed by atoms with E-state index in [-0.39, 0.29) is 12.2 Å². The molecular weight excluding hydrogens is 370 g/mol. The Hall–Kier alpha value is -0.920. The highest BCUT2D eigenvalue weighted by atomic mass is 35.5. The lowest BCUT2D eigenvalue weighted by Gasteiger charge is -2.47. The lowest BCUT2D eigenvalue weighted by molar-refractivity contribution is -0.109. The second kappa shape index (κ2) is 7.60. The molecule has 4 heterocycles. The lowest BCUT2D eigenvalue weighted by atomic mass is 9.81. The highest BCUT2D eigenvalue weighted by Crippen LogP contribution is 2.49. The summed E-state index contributed by atoms with van der Waals surface area (Å²) in [7, 11) is 0. The average Bonchev–Trinajstić information content (AvgIpc) is 3.25. The van der Waals surface area contributed by atoms with Crippen molar-refractivity contribution in [3.05, 3.63) is 38.8 Å². The van der Waals surface area contributed by atoms with E-state index >= 15 is 0 Å². The number of piperidine rings is 1. The van der Waals surface area contributed by atoms with Gasteiger partial charge in [0.05, 0.1) is 17.6 Å². The third kappa shape index (κ3) is 3.34. The van der Waals surface area contributed by atoms with Crippen LogP contribution in [0.15, 0.2) is 18.5 Å².